The van der Waals surface area contributed by atoms with Crippen molar-refractivity contribution in [1.29, 1.82) is 0 Å². The Hall–Kier alpha value is 0.0200. The van der Waals surface area contributed by atoms with E-state index in [2.05, 4.69) is 23.2 Å². The first-order chi connectivity index (χ1) is 6.96. The van der Waals surface area contributed by atoms with Gasteiger partial charge >= 0.3 is 12.4 Å². The van der Waals surface area contributed by atoms with Crippen LogP contribution in [0.25, 0.3) is 0 Å². The molecule has 0 amide bonds. The molecule has 100 valence electrons. The first kappa shape index (κ1) is 18.4. The molecule has 0 heterocycles. The zero-order valence-corrected chi connectivity index (χ0v) is 8.86. The van der Waals surface area contributed by atoms with Crippen molar-refractivity contribution in [1.82, 2.24) is 0 Å². The van der Waals surface area contributed by atoms with Crippen molar-refractivity contribution in [3.63, 3.8) is 0 Å². The molecule has 0 rings (SSSR count). The van der Waals surface area contributed by atoms with E-state index in [-0.39, 0.29) is 0 Å². The Balaban J connectivity index is 0. The molecule has 0 aliphatic heterocycles. The fourth-order valence-corrected chi connectivity index (χ4v) is 0.525. The Morgan fingerprint density at radius 2 is 0.875 bits per heavy atom. The number of halogens is 10. The summed E-state index contributed by atoms with van der Waals surface area (Å²) in [7, 11) is 0. The summed E-state index contributed by atoms with van der Waals surface area (Å²) in [6.45, 7) is 0. The standard InChI is InChI=1S/2C3H3ClF4/c2*4-1-2(5)3(6,7)8/h2*2H,1H2. The highest BCUT2D eigenvalue weighted by Crippen LogP contribution is 2.23. The van der Waals surface area contributed by atoms with Gasteiger partial charge in [-0.15, -0.1) is 23.2 Å². The lowest BCUT2D eigenvalue weighted by atomic mass is 10.4. The minimum atomic E-state index is -4.79. The van der Waals surface area contributed by atoms with Gasteiger partial charge in [0.25, 0.3) is 0 Å². The molecule has 0 nitrogen and oxygen atoms in total. The van der Waals surface area contributed by atoms with Gasteiger partial charge in [0, 0.05) is 0 Å². The van der Waals surface area contributed by atoms with Crippen LogP contribution in [0, 0.1) is 0 Å². The zero-order valence-electron chi connectivity index (χ0n) is 7.35. The predicted octanol–water partition coefficient (Wildman–Crippen LogP) is 4.25. The molecule has 0 N–H and O–H groups in total. The Labute approximate surface area is 95.5 Å². The largest absolute Gasteiger partial charge is 0.420 e. The van der Waals surface area contributed by atoms with Gasteiger partial charge in [-0.3, -0.25) is 0 Å². The Morgan fingerprint density at radius 3 is 0.875 bits per heavy atom. The van der Waals surface area contributed by atoms with Crippen molar-refractivity contribution in [2.24, 2.45) is 0 Å². The molecule has 16 heavy (non-hydrogen) atoms. The summed E-state index contributed by atoms with van der Waals surface area (Å²) < 4.78 is 88.7. The van der Waals surface area contributed by atoms with Gasteiger partial charge in [-0.1, -0.05) is 0 Å². The summed E-state index contributed by atoms with van der Waals surface area (Å²) in [5.74, 6) is -2.05. The van der Waals surface area contributed by atoms with Crippen molar-refractivity contribution in [3.05, 3.63) is 0 Å². The number of alkyl halides is 10. The Bertz CT molecular complexity index is 156. The van der Waals surface area contributed by atoms with Crippen LogP contribution in [0.4, 0.5) is 35.1 Å². The zero-order chi connectivity index (χ0) is 13.6. The molecular weight excluding hydrogens is 295 g/mol. The predicted molar refractivity (Wildman–Crippen MR) is 43.3 cm³/mol. The second kappa shape index (κ2) is 7.37. The molecule has 0 aromatic rings. The number of hydrogen-bond acceptors (Lipinski definition) is 0. The van der Waals surface area contributed by atoms with Crippen LogP contribution in [0.15, 0.2) is 0 Å². The number of hydrogen-bond donors (Lipinski definition) is 0. The summed E-state index contributed by atoms with van der Waals surface area (Å²) in [5, 5.41) is 0. The van der Waals surface area contributed by atoms with Crippen LogP contribution in [0.1, 0.15) is 0 Å². The van der Waals surface area contributed by atoms with Gasteiger partial charge < -0.3 is 0 Å². The molecule has 0 bridgehead atoms. The van der Waals surface area contributed by atoms with E-state index < -0.39 is 36.5 Å². The lowest BCUT2D eigenvalue weighted by Crippen LogP contribution is -2.25. The first-order valence-electron chi connectivity index (χ1n) is 3.50. The van der Waals surface area contributed by atoms with Gasteiger partial charge in [-0.25, -0.2) is 8.78 Å². The van der Waals surface area contributed by atoms with Gasteiger partial charge in [0.2, 0.25) is 12.3 Å². The third kappa shape index (κ3) is 9.26. The molecule has 0 aromatic carbocycles. The molecular formula is C6H6Cl2F8. The lowest BCUT2D eigenvalue weighted by molar-refractivity contribution is -0.174. The number of rotatable bonds is 2. The molecule has 0 aliphatic rings. The van der Waals surface area contributed by atoms with Crippen LogP contribution in [-0.2, 0) is 0 Å². The van der Waals surface area contributed by atoms with Crippen LogP contribution >= 0.6 is 23.2 Å². The minimum absolute atomic E-state index is 1.02. The van der Waals surface area contributed by atoms with Crippen LogP contribution in [0.5, 0.6) is 0 Å². The topological polar surface area (TPSA) is 0 Å². The molecule has 0 saturated heterocycles. The second-order valence-corrected chi connectivity index (χ2v) is 2.94. The second-order valence-electron chi connectivity index (χ2n) is 2.33. The minimum Gasteiger partial charge on any atom is -0.236 e. The Kier molecular flexibility index (Phi) is 8.46. The van der Waals surface area contributed by atoms with Crippen molar-refractivity contribution in [2.45, 2.75) is 24.7 Å². The van der Waals surface area contributed by atoms with E-state index >= 15 is 0 Å². The van der Waals surface area contributed by atoms with Crippen molar-refractivity contribution < 1.29 is 35.1 Å². The SMILES string of the molecule is FC(CCl)C(F)(F)F.FC(CCl)C(F)(F)F. The first-order valence-corrected chi connectivity index (χ1v) is 4.57. The summed E-state index contributed by atoms with van der Waals surface area (Å²) in [6, 6.07) is 0. The summed E-state index contributed by atoms with van der Waals surface area (Å²) in [4.78, 5) is 0. The van der Waals surface area contributed by atoms with Gasteiger partial charge in [0.1, 0.15) is 0 Å². The van der Waals surface area contributed by atoms with E-state index in [1.807, 2.05) is 0 Å². The molecule has 2 unspecified atom stereocenters. The highest BCUT2D eigenvalue weighted by atomic mass is 35.5. The monoisotopic (exact) mass is 300 g/mol. The molecule has 0 aliphatic carbocycles. The van der Waals surface area contributed by atoms with E-state index in [4.69, 9.17) is 0 Å². The van der Waals surface area contributed by atoms with Crippen LogP contribution in [0.2, 0.25) is 0 Å². The normalized spacial score (nSPS) is 16.1. The van der Waals surface area contributed by atoms with E-state index in [1.54, 1.807) is 0 Å². The van der Waals surface area contributed by atoms with Gasteiger partial charge in [0.15, 0.2) is 0 Å². The van der Waals surface area contributed by atoms with E-state index in [9.17, 15) is 35.1 Å². The quantitative estimate of drug-likeness (QED) is 0.528. The molecule has 0 radical (unpaired) electrons. The molecule has 0 saturated carbocycles. The van der Waals surface area contributed by atoms with Crippen molar-refractivity contribution in [2.75, 3.05) is 11.8 Å². The average Bonchev–Trinajstić information content (AvgIpc) is 2.13. The fraction of sp³-hybridized carbons (Fsp3) is 1.00. The molecule has 2 atom stereocenters. The Morgan fingerprint density at radius 1 is 0.688 bits per heavy atom. The van der Waals surface area contributed by atoms with Crippen molar-refractivity contribution >= 4 is 23.2 Å². The highest BCUT2D eigenvalue weighted by molar-refractivity contribution is 6.18. The van der Waals surface area contributed by atoms with Gasteiger partial charge in [-0.05, 0) is 0 Å². The van der Waals surface area contributed by atoms with Crippen LogP contribution < -0.4 is 0 Å². The maximum atomic E-state index is 11.4. The summed E-state index contributed by atoms with van der Waals surface area (Å²) in [6.07, 6.45) is -15.3. The maximum absolute atomic E-state index is 11.4. The van der Waals surface area contributed by atoms with Gasteiger partial charge in [0.05, 0.1) is 11.8 Å². The summed E-state index contributed by atoms with van der Waals surface area (Å²) >= 11 is 9.08. The molecule has 0 aromatic heterocycles. The molecule has 10 heteroatoms. The van der Waals surface area contributed by atoms with E-state index in [0.29, 0.717) is 0 Å². The molecule has 0 spiro atoms. The van der Waals surface area contributed by atoms with Crippen LogP contribution in [-0.4, -0.2) is 36.5 Å². The smallest absolute Gasteiger partial charge is 0.236 e. The van der Waals surface area contributed by atoms with Crippen LogP contribution in [0.3, 0.4) is 0 Å². The highest BCUT2D eigenvalue weighted by Gasteiger charge is 2.39. The lowest BCUT2D eigenvalue weighted by Gasteiger charge is -2.06. The van der Waals surface area contributed by atoms with Crippen molar-refractivity contribution in [3.8, 4) is 0 Å². The van der Waals surface area contributed by atoms with E-state index in [1.165, 1.54) is 0 Å². The third-order valence-corrected chi connectivity index (χ3v) is 1.52. The third-order valence-electron chi connectivity index (χ3n) is 0.981. The van der Waals surface area contributed by atoms with Gasteiger partial charge in [-0.2, -0.15) is 26.3 Å². The molecule has 0 fully saturated rings. The maximum Gasteiger partial charge on any atom is 0.420 e. The fourth-order valence-electron chi connectivity index (χ4n) is 0.175. The van der Waals surface area contributed by atoms with E-state index in [0.717, 1.165) is 0 Å². The average molecular weight is 301 g/mol. The summed E-state index contributed by atoms with van der Waals surface area (Å²) in [5.41, 5.74) is 0.